The second-order valence-corrected chi connectivity index (χ2v) is 11.6. The summed E-state index contributed by atoms with van der Waals surface area (Å²) in [6, 6.07) is 10.6. The summed E-state index contributed by atoms with van der Waals surface area (Å²) in [4.78, 5) is 24.1. The van der Waals surface area contributed by atoms with Crippen molar-refractivity contribution >= 4 is 33.0 Å². The molecule has 6 nitrogen and oxygen atoms in total. The summed E-state index contributed by atoms with van der Waals surface area (Å²) in [6.45, 7) is 10.7. The van der Waals surface area contributed by atoms with E-state index in [0.29, 0.717) is 17.8 Å². The highest BCUT2D eigenvalue weighted by Crippen LogP contribution is 2.30. The number of pyridine rings is 1. The molecule has 1 aliphatic rings. The molecule has 0 aliphatic carbocycles. The topological polar surface area (TPSA) is 79.2 Å². The molecule has 10 heteroatoms. The maximum Gasteiger partial charge on any atom is 0.417 e. The van der Waals surface area contributed by atoms with E-state index in [9.17, 15) is 13.2 Å². The van der Waals surface area contributed by atoms with Gasteiger partial charge in [-0.3, -0.25) is 15.0 Å². The lowest BCUT2D eigenvalue weighted by Crippen LogP contribution is -2.20. The Hall–Kier alpha value is -3.66. The number of hydrogen-bond acceptors (Lipinski definition) is 6. The van der Waals surface area contributed by atoms with Crippen molar-refractivity contribution in [1.82, 2.24) is 19.9 Å². The van der Waals surface area contributed by atoms with Crippen LogP contribution in [0.25, 0.3) is 10.2 Å². The smallest absolute Gasteiger partial charge is 0.348 e. The van der Waals surface area contributed by atoms with Crippen LogP contribution in [-0.2, 0) is 19.0 Å². The van der Waals surface area contributed by atoms with E-state index >= 15 is 0 Å². The van der Waals surface area contributed by atoms with Gasteiger partial charge in [0.15, 0.2) is 0 Å². The average molecular weight is 625 g/mol. The Morgan fingerprint density at radius 3 is 2.48 bits per heavy atom. The average Bonchev–Trinajstić information content (AvgIpc) is 3.72. The fourth-order valence-electron chi connectivity index (χ4n) is 4.70. The van der Waals surface area contributed by atoms with Crippen LogP contribution in [0.2, 0.25) is 0 Å². The number of nitrogens with zero attached hydrogens (tertiary/aromatic N) is 5. The number of aliphatic imine (C=N–C) groups is 2. The van der Waals surface area contributed by atoms with E-state index in [4.69, 9.17) is 0 Å². The normalized spacial score (nSPS) is 15.8. The molecule has 1 aliphatic heterocycles. The summed E-state index contributed by atoms with van der Waals surface area (Å²) >= 11 is 1.68. The monoisotopic (exact) mass is 624 g/mol. The van der Waals surface area contributed by atoms with Crippen LogP contribution in [0.5, 0.6) is 0 Å². The van der Waals surface area contributed by atoms with E-state index in [1.165, 1.54) is 35.0 Å². The first kappa shape index (κ1) is 34.8. The Morgan fingerprint density at radius 2 is 1.86 bits per heavy atom. The minimum atomic E-state index is -4.37. The highest BCUT2D eigenvalue weighted by atomic mass is 32.1. The Morgan fingerprint density at radius 1 is 1.09 bits per heavy atom. The molecule has 2 atom stereocenters. The van der Waals surface area contributed by atoms with Crippen LogP contribution >= 0.6 is 11.3 Å². The molecule has 3 aromatic heterocycles. The van der Waals surface area contributed by atoms with Crippen LogP contribution < -0.4 is 0 Å². The molecule has 0 spiro atoms. The number of thiazole rings is 1. The van der Waals surface area contributed by atoms with E-state index in [1.54, 1.807) is 24.6 Å². The van der Waals surface area contributed by atoms with Crippen LogP contribution in [0.4, 0.5) is 13.2 Å². The Labute approximate surface area is 262 Å². The molecule has 5 rings (SSSR count). The molecule has 0 radical (unpaired) electrons. The van der Waals surface area contributed by atoms with Gasteiger partial charge in [0, 0.05) is 30.9 Å². The number of para-hydroxylation sites is 1. The number of halogens is 3. The summed E-state index contributed by atoms with van der Waals surface area (Å²) in [5, 5.41) is 0. The zero-order chi connectivity index (χ0) is 32.1. The van der Waals surface area contributed by atoms with E-state index in [-0.39, 0.29) is 5.92 Å². The molecule has 0 fully saturated rings. The Kier molecular flexibility index (Phi) is 13.4. The number of rotatable bonds is 8. The Balaban J connectivity index is 0.000000201. The third-order valence-electron chi connectivity index (χ3n) is 7.83. The molecule has 0 bridgehead atoms. The van der Waals surface area contributed by atoms with Gasteiger partial charge in [0.2, 0.25) is 0 Å². The minimum absolute atomic E-state index is 0.264. The van der Waals surface area contributed by atoms with Crippen molar-refractivity contribution in [2.75, 3.05) is 7.05 Å². The van der Waals surface area contributed by atoms with Gasteiger partial charge in [0.05, 0.1) is 44.7 Å². The summed E-state index contributed by atoms with van der Waals surface area (Å²) < 4.78 is 39.0. The molecule has 0 saturated carbocycles. The third-order valence-corrected chi connectivity index (χ3v) is 8.64. The molecule has 44 heavy (non-hydrogen) atoms. The van der Waals surface area contributed by atoms with Crippen molar-refractivity contribution in [2.45, 2.75) is 79.3 Å². The molecule has 4 heterocycles. The molecular formula is C34H43F3N6S. The molecule has 4 aromatic rings. The number of fused-ring (bicyclic) bond motifs is 1. The first-order valence-corrected chi connectivity index (χ1v) is 16.0. The van der Waals surface area contributed by atoms with E-state index < -0.39 is 11.7 Å². The van der Waals surface area contributed by atoms with Crippen LogP contribution in [0.15, 0.2) is 76.2 Å². The number of H-pyrrole nitrogens is 1. The molecule has 0 saturated heterocycles. The zero-order valence-corrected chi connectivity index (χ0v) is 27.3. The highest BCUT2D eigenvalue weighted by Gasteiger charge is 2.31. The predicted octanol–water partition coefficient (Wildman–Crippen LogP) is 9.54. The van der Waals surface area contributed by atoms with Crippen LogP contribution in [0.3, 0.4) is 0 Å². The number of allylic oxidation sites excluding steroid dienone is 1. The minimum Gasteiger partial charge on any atom is -0.348 e. The van der Waals surface area contributed by atoms with Gasteiger partial charge >= 0.3 is 6.18 Å². The molecule has 1 aromatic carbocycles. The van der Waals surface area contributed by atoms with Crippen LogP contribution in [-0.4, -0.2) is 38.4 Å². The van der Waals surface area contributed by atoms with Gasteiger partial charge in [-0.15, -0.1) is 11.3 Å². The molecule has 236 valence electrons. The van der Waals surface area contributed by atoms with Gasteiger partial charge in [-0.25, -0.2) is 9.97 Å². The van der Waals surface area contributed by atoms with Gasteiger partial charge in [-0.1, -0.05) is 46.2 Å². The van der Waals surface area contributed by atoms with E-state index in [2.05, 4.69) is 63.7 Å². The second-order valence-electron chi connectivity index (χ2n) is 10.8. The quantitative estimate of drug-likeness (QED) is 0.198. The number of aromatic nitrogens is 4. The van der Waals surface area contributed by atoms with Crippen LogP contribution in [0, 0.1) is 11.8 Å². The van der Waals surface area contributed by atoms with Gasteiger partial charge in [0.1, 0.15) is 0 Å². The number of imidazole rings is 1. The lowest BCUT2D eigenvalue weighted by atomic mass is 9.86. The fourth-order valence-corrected chi connectivity index (χ4v) is 5.38. The first-order valence-electron chi connectivity index (χ1n) is 15.1. The van der Waals surface area contributed by atoms with Gasteiger partial charge < -0.3 is 4.98 Å². The summed E-state index contributed by atoms with van der Waals surface area (Å²) in [5.41, 5.74) is 8.03. The third kappa shape index (κ3) is 9.94. The summed E-state index contributed by atoms with van der Waals surface area (Å²) in [6.07, 6.45) is 6.37. The fraction of sp³-hybridized carbons (Fsp3) is 0.441. The zero-order valence-electron chi connectivity index (χ0n) is 26.4. The maximum atomic E-state index is 12.6. The van der Waals surface area contributed by atoms with Crippen molar-refractivity contribution in [1.29, 1.82) is 0 Å². The van der Waals surface area contributed by atoms with E-state index in [0.717, 1.165) is 54.2 Å². The maximum absolute atomic E-state index is 12.6. The number of aromatic amines is 1. The highest BCUT2D eigenvalue weighted by molar-refractivity contribution is 7.16. The SMILES string of the molecule is CCC1CC(c2ccc(C(F)(F)F)cn2)=NC=C1C(C)=NC.CCc1nc[nH]c1CCC(C)CC.c1ccc2scnc2c1. The molecule has 2 unspecified atom stereocenters. The summed E-state index contributed by atoms with van der Waals surface area (Å²) in [5.74, 6) is 1.09. The number of aryl methyl sites for hydroxylation is 2. The first-order chi connectivity index (χ1) is 21.1. The van der Waals surface area contributed by atoms with Crippen molar-refractivity contribution in [2.24, 2.45) is 21.8 Å². The second kappa shape index (κ2) is 17.0. The van der Waals surface area contributed by atoms with Crippen molar-refractivity contribution in [3.05, 3.63) is 88.9 Å². The van der Waals surface area contributed by atoms with Crippen molar-refractivity contribution in [3.8, 4) is 0 Å². The molecule has 0 amide bonds. The van der Waals surface area contributed by atoms with Crippen molar-refractivity contribution in [3.63, 3.8) is 0 Å². The van der Waals surface area contributed by atoms with Crippen molar-refractivity contribution < 1.29 is 13.2 Å². The standard InChI is InChI=1S/C16H18F3N3.C11H20N2.C7H5NS/c1-4-11-7-15(22-9-13(11)10(2)20-3)14-6-5-12(8-21-14)16(17,18)19;1-4-9(3)6-7-11-10(5-2)12-8-13-11;1-2-4-7-6(3-1)8-5-9-7/h5-6,8-9,11H,4,7H2,1-3H3;8-9H,4-7H2,1-3H3,(H,12,13);1-5H. The van der Waals surface area contributed by atoms with Gasteiger partial charge in [-0.05, 0) is 80.7 Å². The van der Waals surface area contributed by atoms with E-state index in [1.807, 2.05) is 37.0 Å². The number of hydrogen-bond donors (Lipinski definition) is 1. The number of benzene rings is 1. The number of alkyl halides is 3. The predicted molar refractivity (Wildman–Crippen MR) is 177 cm³/mol. The molecular weight excluding hydrogens is 581 g/mol. The van der Waals surface area contributed by atoms with Gasteiger partial charge in [-0.2, -0.15) is 13.2 Å². The number of nitrogens with one attached hydrogen (secondary N) is 1. The Bertz CT molecular complexity index is 1500. The van der Waals surface area contributed by atoms with Crippen LogP contribution in [0.1, 0.15) is 82.9 Å². The summed E-state index contributed by atoms with van der Waals surface area (Å²) in [7, 11) is 1.74. The van der Waals surface area contributed by atoms with Gasteiger partial charge in [0.25, 0.3) is 0 Å². The molecule has 1 N–H and O–H groups in total. The lowest BCUT2D eigenvalue weighted by Gasteiger charge is -2.23. The lowest BCUT2D eigenvalue weighted by molar-refractivity contribution is -0.137. The largest absolute Gasteiger partial charge is 0.417 e.